The van der Waals surface area contributed by atoms with Crippen LogP contribution in [0.2, 0.25) is 0 Å². The molecule has 7 nitrogen and oxygen atoms in total. The van der Waals surface area contributed by atoms with E-state index in [0.29, 0.717) is 37.0 Å². The number of nitrogens with zero attached hydrogens (tertiary/aromatic N) is 4. The molecule has 0 aromatic carbocycles. The van der Waals surface area contributed by atoms with E-state index < -0.39 is 0 Å². The molecule has 434 valence electrons. The highest BCUT2D eigenvalue weighted by molar-refractivity contribution is 5.76. The van der Waals surface area contributed by atoms with Gasteiger partial charge >= 0.3 is 0 Å². The SMILES string of the molecule is CCCCCCCCN(CCCCCCCC)C(=O)CCCCCN(CCCCCC(=O)N(CCCCCCCC)CCCCCCCC)CCCCCC(=O)N(CCCCCCCC)CCCCCCCC. The van der Waals surface area contributed by atoms with E-state index in [-0.39, 0.29) is 0 Å². The zero-order chi connectivity index (χ0) is 53.3. The second-order valence-corrected chi connectivity index (χ2v) is 23.0. The Morgan fingerprint density at radius 1 is 0.192 bits per heavy atom. The Morgan fingerprint density at radius 3 is 0.534 bits per heavy atom. The molecule has 0 aromatic rings. The lowest BCUT2D eigenvalue weighted by Crippen LogP contribution is -2.33. The zero-order valence-corrected chi connectivity index (χ0v) is 50.8. The molecule has 0 fully saturated rings. The average molecular weight is 1030 g/mol. The van der Waals surface area contributed by atoms with Crippen molar-refractivity contribution in [3.05, 3.63) is 0 Å². The second-order valence-electron chi connectivity index (χ2n) is 23.0. The summed E-state index contributed by atoms with van der Waals surface area (Å²) < 4.78 is 0. The molecule has 0 aliphatic rings. The maximum Gasteiger partial charge on any atom is 0.222 e. The van der Waals surface area contributed by atoms with Gasteiger partial charge in [-0.3, -0.25) is 14.4 Å². The van der Waals surface area contributed by atoms with Crippen molar-refractivity contribution in [3.63, 3.8) is 0 Å². The van der Waals surface area contributed by atoms with Crippen molar-refractivity contribution in [2.45, 2.75) is 350 Å². The van der Waals surface area contributed by atoms with Crippen molar-refractivity contribution in [1.29, 1.82) is 0 Å². The summed E-state index contributed by atoms with van der Waals surface area (Å²) in [6.07, 6.45) is 57.5. The summed E-state index contributed by atoms with van der Waals surface area (Å²) in [4.78, 5) is 50.2. The van der Waals surface area contributed by atoms with Gasteiger partial charge in [0.15, 0.2) is 0 Å². The lowest BCUT2D eigenvalue weighted by Gasteiger charge is -2.24. The Morgan fingerprint density at radius 2 is 0.342 bits per heavy atom. The third-order valence-corrected chi connectivity index (χ3v) is 15.8. The van der Waals surface area contributed by atoms with E-state index >= 15 is 0 Å². The van der Waals surface area contributed by atoms with Gasteiger partial charge in [-0.25, -0.2) is 0 Å². The van der Waals surface area contributed by atoms with Gasteiger partial charge in [0.25, 0.3) is 0 Å². The maximum atomic E-state index is 13.6. The van der Waals surface area contributed by atoms with Gasteiger partial charge in [0.05, 0.1) is 0 Å². The molecule has 3 amide bonds. The summed E-state index contributed by atoms with van der Waals surface area (Å²) >= 11 is 0. The molecule has 0 saturated heterocycles. The quantitative estimate of drug-likeness (QED) is 0.0570. The number of hydrogen-bond acceptors (Lipinski definition) is 4. The first-order chi connectivity index (χ1) is 35.9. The molecule has 0 saturated carbocycles. The normalized spacial score (nSPS) is 11.5. The summed E-state index contributed by atoms with van der Waals surface area (Å²) in [5.74, 6) is 1.16. The molecule has 7 heteroatoms. The van der Waals surface area contributed by atoms with Crippen molar-refractivity contribution in [1.82, 2.24) is 19.6 Å². The Hall–Kier alpha value is -1.63. The Balaban J connectivity index is 5.41. The molecule has 0 bridgehead atoms. The van der Waals surface area contributed by atoms with E-state index in [1.54, 1.807) is 0 Å². The molecule has 0 rings (SSSR count). The van der Waals surface area contributed by atoms with Crippen LogP contribution in [-0.4, -0.2) is 96.2 Å². The second kappa shape index (κ2) is 58.1. The maximum absolute atomic E-state index is 13.6. The summed E-state index contributed by atoms with van der Waals surface area (Å²) in [7, 11) is 0. The van der Waals surface area contributed by atoms with Gasteiger partial charge in [0, 0.05) is 58.5 Å². The van der Waals surface area contributed by atoms with E-state index in [2.05, 4.69) is 61.1 Å². The van der Waals surface area contributed by atoms with Crippen molar-refractivity contribution in [3.8, 4) is 0 Å². The van der Waals surface area contributed by atoms with Crippen LogP contribution in [0.3, 0.4) is 0 Å². The van der Waals surface area contributed by atoms with Crippen LogP contribution in [-0.2, 0) is 14.4 Å². The van der Waals surface area contributed by atoms with Gasteiger partial charge in [0.1, 0.15) is 0 Å². The molecule has 0 aliphatic carbocycles. The summed E-state index contributed by atoms with van der Waals surface area (Å²) in [5.41, 5.74) is 0. The van der Waals surface area contributed by atoms with Gasteiger partial charge in [-0.1, -0.05) is 253 Å². The van der Waals surface area contributed by atoms with Crippen LogP contribution in [0.15, 0.2) is 0 Å². The lowest BCUT2D eigenvalue weighted by atomic mass is 10.1. The summed E-state index contributed by atoms with van der Waals surface area (Å²) in [5, 5.41) is 0. The van der Waals surface area contributed by atoms with Crippen molar-refractivity contribution < 1.29 is 14.4 Å². The molecular weight excluding hydrogens is 897 g/mol. The predicted molar refractivity (Wildman–Crippen MR) is 322 cm³/mol. The van der Waals surface area contributed by atoms with Gasteiger partial charge < -0.3 is 19.6 Å². The third-order valence-electron chi connectivity index (χ3n) is 15.8. The van der Waals surface area contributed by atoms with Crippen LogP contribution in [0, 0.1) is 0 Å². The molecule has 0 spiro atoms. The lowest BCUT2D eigenvalue weighted by molar-refractivity contribution is -0.132. The van der Waals surface area contributed by atoms with Crippen molar-refractivity contribution in [2.24, 2.45) is 0 Å². The van der Waals surface area contributed by atoms with Crippen molar-refractivity contribution >= 4 is 17.7 Å². The zero-order valence-electron chi connectivity index (χ0n) is 50.8. The highest BCUT2D eigenvalue weighted by atomic mass is 16.2. The Labute approximate surface area is 458 Å². The first-order valence-electron chi connectivity index (χ1n) is 33.4. The summed E-state index contributed by atoms with van der Waals surface area (Å²) in [6.45, 7) is 22.6. The topological polar surface area (TPSA) is 64.2 Å². The largest absolute Gasteiger partial charge is 0.343 e. The summed E-state index contributed by atoms with van der Waals surface area (Å²) in [6, 6.07) is 0. The van der Waals surface area contributed by atoms with Crippen LogP contribution in [0.1, 0.15) is 350 Å². The fourth-order valence-electron chi connectivity index (χ4n) is 10.8. The number of hydrogen-bond donors (Lipinski definition) is 0. The fraction of sp³-hybridized carbons (Fsp3) is 0.955. The number of carbonyl (C=O) groups excluding carboxylic acids is 3. The Kier molecular flexibility index (Phi) is 56.8. The number of rotatable bonds is 60. The van der Waals surface area contributed by atoms with E-state index in [0.717, 1.165) is 155 Å². The molecular formula is C66H132N4O3. The standard InChI is InChI=1S/C66H132N4O3/c1-7-13-19-25-31-46-58-68(59-47-32-26-20-14-8-2)64(71)52-40-37-43-55-67(56-44-38-41-53-65(72)69(60-48-33-27-21-15-9-3)61-49-34-28-22-16-10-4)57-45-39-42-54-66(73)70(62-50-35-29-23-17-11-5)63-51-36-30-24-18-12-6/h7-63H2,1-6H3. The minimum atomic E-state index is 0.387. The average Bonchev–Trinajstić information content (AvgIpc) is 3.39. The van der Waals surface area contributed by atoms with Crippen LogP contribution >= 0.6 is 0 Å². The molecule has 0 aromatic heterocycles. The molecule has 0 heterocycles. The smallest absolute Gasteiger partial charge is 0.222 e. The number of unbranched alkanes of at least 4 members (excludes halogenated alkanes) is 36. The highest BCUT2D eigenvalue weighted by Gasteiger charge is 2.16. The molecule has 0 aliphatic heterocycles. The van der Waals surface area contributed by atoms with E-state index in [4.69, 9.17) is 0 Å². The van der Waals surface area contributed by atoms with E-state index in [9.17, 15) is 14.4 Å². The highest BCUT2D eigenvalue weighted by Crippen LogP contribution is 2.17. The van der Waals surface area contributed by atoms with Crippen LogP contribution < -0.4 is 0 Å². The van der Waals surface area contributed by atoms with Crippen LogP contribution in [0.5, 0.6) is 0 Å². The molecule has 0 N–H and O–H groups in total. The van der Waals surface area contributed by atoms with Crippen LogP contribution in [0.25, 0.3) is 0 Å². The number of carbonyl (C=O) groups is 3. The molecule has 0 unspecified atom stereocenters. The molecule has 73 heavy (non-hydrogen) atoms. The van der Waals surface area contributed by atoms with Gasteiger partial charge in [-0.15, -0.1) is 0 Å². The van der Waals surface area contributed by atoms with Crippen LogP contribution in [0.4, 0.5) is 0 Å². The third kappa shape index (κ3) is 48.5. The Bertz CT molecular complexity index is 963. The van der Waals surface area contributed by atoms with Gasteiger partial charge in [-0.2, -0.15) is 0 Å². The first kappa shape index (κ1) is 71.4. The molecule has 0 atom stereocenters. The predicted octanol–water partition coefficient (Wildman–Crippen LogP) is 19.6. The molecule has 0 radical (unpaired) electrons. The van der Waals surface area contributed by atoms with Crippen molar-refractivity contribution in [2.75, 3.05) is 58.9 Å². The number of amides is 3. The van der Waals surface area contributed by atoms with Gasteiger partial charge in [0.2, 0.25) is 17.7 Å². The fourth-order valence-corrected chi connectivity index (χ4v) is 10.8. The van der Waals surface area contributed by atoms with E-state index in [1.165, 1.54) is 193 Å². The monoisotopic (exact) mass is 1030 g/mol. The first-order valence-corrected chi connectivity index (χ1v) is 33.4. The van der Waals surface area contributed by atoms with E-state index in [1.807, 2.05) is 0 Å². The van der Waals surface area contributed by atoms with Gasteiger partial charge in [-0.05, 0) is 96.7 Å². The minimum absolute atomic E-state index is 0.387. The minimum Gasteiger partial charge on any atom is -0.343 e.